The second-order valence-corrected chi connectivity index (χ2v) is 4.26. The number of methoxy groups -OCH3 is 1. The zero-order valence-corrected chi connectivity index (χ0v) is 9.60. The van der Waals surface area contributed by atoms with Gasteiger partial charge in [0, 0.05) is 30.5 Å². The Kier molecular flexibility index (Phi) is 2.90. The van der Waals surface area contributed by atoms with E-state index in [1.54, 1.807) is 7.11 Å². The summed E-state index contributed by atoms with van der Waals surface area (Å²) in [7, 11) is 1.66. The summed E-state index contributed by atoms with van der Waals surface area (Å²) in [6.45, 7) is 2.43. The van der Waals surface area contributed by atoms with Gasteiger partial charge in [0.05, 0.1) is 12.1 Å². The molecule has 0 aliphatic carbocycles. The highest BCUT2D eigenvalue weighted by molar-refractivity contribution is 5.85. The summed E-state index contributed by atoms with van der Waals surface area (Å²) < 4.78 is 5.16. The number of benzene rings is 1. The van der Waals surface area contributed by atoms with Gasteiger partial charge in [-0.05, 0) is 12.3 Å². The highest BCUT2D eigenvalue weighted by Crippen LogP contribution is 2.25. The van der Waals surface area contributed by atoms with Crippen LogP contribution in [0.4, 0.5) is 0 Å². The molecule has 0 bridgehead atoms. The molecule has 2 N–H and O–H groups in total. The van der Waals surface area contributed by atoms with Gasteiger partial charge in [-0.1, -0.05) is 24.3 Å². The molecule has 0 fully saturated rings. The third-order valence-electron chi connectivity index (χ3n) is 2.73. The molecule has 0 radical (unpaired) electrons. The van der Waals surface area contributed by atoms with Gasteiger partial charge in [-0.25, -0.2) is 0 Å². The third kappa shape index (κ3) is 1.92. The van der Waals surface area contributed by atoms with Crippen molar-refractivity contribution in [3.63, 3.8) is 0 Å². The lowest BCUT2D eigenvalue weighted by Crippen LogP contribution is -2.38. The lowest BCUT2D eigenvalue weighted by Gasteiger charge is -2.25. The molecule has 0 aliphatic rings. The lowest BCUT2D eigenvalue weighted by molar-refractivity contribution is 0.141. The minimum atomic E-state index is -0.511. The minimum absolute atomic E-state index is 0.475. The number of fused-ring (bicyclic) bond motifs is 1. The van der Waals surface area contributed by atoms with Crippen LogP contribution >= 0.6 is 0 Å². The molecule has 3 nitrogen and oxygen atoms in total. The monoisotopic (exact) mass is 216 g/mol. The fourth-order valence-corrected chi connectivity index (χ4v) is 1.95. The Bertz CT molecular complexity index is 489. The molecule has 1 atom stereocenters. The van der Waals surface area contributed by atoms with Crippen molar-refractivity contribution in [1.82, 2.24) is 4.98 Å². The van der Waals surface area contributed by atoms with Crippen LogP contribution < -0.4 is 5.73 Å². The molecule has 3 heteroatoms. The van der Waals surface area contributed by atoms with Crippen molar-refractivity contribution in [2.45, 2.75) is 12.5 Å². The highest BCUT2D eigenvalue weighted by Gasteiger charge is 2.23. The normalized spacial score (nSPS) is 14.9. The van der Waals surface area contributed by atoms with Gasteiger partial charge in [0.25, 0.3) is 0 Å². The van der Waals surface area contributed by atoms with E-state index < -0.39 is 5.54 Å². The SMILES string of the molecule is COCC(C)(N)c1cncc2ccccc12. The molecule has 0 amide bonds. The van der Waals surface area contributed by atoms with Crippen LogP contribution in [0.15, 0.2) is 36.7 Å². The van der Waals surface area contributed by atoms with E-state index >= 15 is 0 Å². The van der Waals surface area contributed by atoms with Gasteiger partial charge in [-0.3, -0.25) is 4.98 Å². The van der Waals surface area contributed by atoms with E-state index in [0.29, 0.717) is 6.61 Å². The maximum Gasteiger partial charge on any atom is 0.0682 e. The largest absolute Gasteiger partial charge is 0.382 e. The van der Waals surface area contributed by atoms with Crippen molar-refractivity contribution in [1.29, 1.82) is 0 Å². The van der Waals surface area contributed by atoms with Crippen LogP contribution in [-0.2, 0) is 10.3 Å². The first kappa shape index (κ1) is 11.0. The molecule has 84 valence electrons. The first-order valence-electron chi connectivity index (χ1n) is 5.26. The molecular weight excluding hydrogens is 200 g/mol. The number of nitrogens with two attached hydrogens (primary N) is 1. The van der Waals surface area contributed by atoms with Gasteiger partial charge in [0.15, 0.2) is 0 Å². The molecule has 1 unspecified atom stereocenters. The van der Waals surface area contributed by atoms with E-state index in [2.05, 4.69) is 11.1 Å². The van der Waals surface area contributed by atoms with Crippen LogP contribution in [0.1, 0.15) is 12.5 Å². The summed E-state index contributed by atoms with van der Waals surface area (Å²) in [5.41, 5.74) is 6.76. The van der Waals surface area contributed by atoms with Crippen LogP contribution in [0.25, 0.3) is 10.8 Å². The van der Waals surface area contributed by atoms with Crippen LogP contribution in [0, 0.1) is 0 Å². The molecule has 2 aromatic rings. The van der Waals surface area contributed by atoms with Crippen LogP contribution in [0.3, 0.4) is 0 Å². The summed E-state index contributed by atoms with van der Waals surface area (Å²) in [6, 6.07) is 8.11. The molecule has 0 spiro atoms. The number of nitrogens with zero attached hydrogens (tertiary/aromatic N) is 1. The first-order valence-corrected chi connectivity index (χ1v) is 5.26. The zero-order valence-electron chi connectivity index (χ0n) is 9.60. The summed E-state index contributed by atoms with van der Waals surface area (Å²) in [5, 5.41) is 2.24. The number of aromatic nitrogens is 1. The van der Waals surface area contributed by atoms with Gasteiger partial charge in [0.1, 0.15) is 0 Å². The van der Waals surface area contributed by atoms with E-state index in [9.17, 15) is 0 Å². The molecule has 0 saturated heterocycles. The smallest absolute Gasteiger partial charge is 0.0682 e. The molecule has 2 rings (SSSR count). The summed E-state index contributed by atoms with van der Waals surface area (Å²) >= 11 is 0. The predicted octanol–water partition coefficient (Wildman–Crippen LogP) is 2.06. The van der Waals surface area contributed by atoms with Gasteiger partial charge in [-0.15, -0.1) is 0 Å². The molecule has 0 aliphatic heterocycles. The lowest BCUT2D eigenvalue weighted by atomic mass is 9.91. The zero-order chi connectivity index (χ0) is 11.6. The van der Waals surface area contributed by atoms with Gasteiger partial charge < -0.3 is 10.5 Å². The van der Waals surface area contributed by atoms with Crippen molar-refractivity contribution in [3.8, 4) is 0 Å². The number of rotatable bonds is 3. The molecule has 16 heavy (non-hydrogen) atoms. The van der Waals surface area contributed by atoms with Crippen LogP contribution in [-0.4, -0.2) is 18.7 Å². The Morgan fingerprint density at radius 1 is 1.31 bits per heavy atom. The molecule has 1 aromatic carbocycles. The van der Waals surface area contributed by atoms with Gasteiger partial charge in [0.2, 0.25) is 0 Å². The van der Waals surface area contributed by atoms with E-state index in [-0.39, 0.29) is 0 Å². The predicted molar refractivity (Wildman–Crippen MR) is 65.2 cm³/mol. The van der Waals surface area contributed by atoms with Crippen LogP contribution in [0.2, 0.25) is 0 Å². The number of ether oxygens (including phenoxy) is 1. The van der Waals surface area contributed by atoms with Crippen molar-refractivity contribution < 1.29 is 4.74 Å². The van der Waals surface area contributed by atoms with Crippen LogP contribution in [0.5, 0.6) is 0 Å². The number of hydrogen-bond donors (Lipinski definition) is 1. The van der Waals surface area contributed by atoms with Gasteiger partial charge >= 0.3 is 0 Å². The second kappa shape index (κ2) is 4.20. The van der Waals surface area contributed by atoms with Crippen molar-refractivity contribution in [2.24, 2.45) is 5.73 Å². The Balaban J connectivity index is 2.60. The Morgan fingerprint density at radius 2 is 2.06 bits per heavy atom. The topological polar surface area (TPSA) is 48.1 Å². The van der Waals surface area contributed by atoms with Gasteiger partial charge in [-0.2, -0.15) is 0 Å². The average molecular weight is 216 g/mol. The Morgan fingerprint density at radius 3 is 2.81 bits per heavy atom. The minimum Gasteiger partial charge on any atom is -0.382 e. The van der Waals surface area contributed by atoms with E-state index in [1.165, 1.54) is 0 Å². The molecule has 0 saturated carbocycles. The fraction of sp³-hybridized carbons (Fsp3) is 0.308. The molecular formula is C13H16N2O. The van der Waals surface area contributed by atoms with Crippen molar-refractivity contribution in [3.05, 3.63) is 42.2 Å². The fourth-order valence-electron chi connectivity index (χ4n) is 1.95. The van der Waals surface area contributed by atoms with E-state index in [0.717, 1.165) is 16.3 Å². The van der Waals surface area contributed by atoms with Crippen molar-refractivity contribution in [2.75, 3.05) is 13.7 Å². The standard InChI is InChI=1S/C13H16N2O/c1-13(14,9-16-2)12-8-15-7-10-5-3-4-6-11(10)12/h3-8H,9,14H2,1-2H3. The molecule has 1 aromatic heterocycles. The quantitative estimate of drug-likeness (QED) is 0.854. The third-order valence-corrected chi connectivity index (χ3v) is 2.73. The number of hydrogen-bond acceptors (Lipinski definition) is 3. The first-order chi connectivity index (χ1) is 7.65. The van der Waals surface area contributed by atoms with Crippen molar-refractivity contribution >= 4 is 10.8 Å². The maximum absolute atomic E-state index is 6.25. The van der Waals surface area contributed by atoms with E-state index in [4.69, 9.17) is 10.5 Å². The Labute approximate surface area is 95.2 Å². The summed E-state index contributed by atoms with van der Waals surface area (Å²) in [5.74, 6) is 0. The highest BCUT2D eigenvalue weighted by atomic mass is 16.5. The number of pyridine rings is 1. The second-order valence-electron chi connectivity index (χ2n) is 4.26. The van der Waals surface area contributed by atoms with E-state index in [1.807, 2.05) is 37.5 Å². The summed E-state index contributed by atoms with van der Waals surface area (Å²) in [4.78, 5) is 4.23. The Hall–Kier alpha value is -1.45. The average Bonchev–Trinajstić information content (AvgIpc) is 2.28. The molecule has 1 heterocycles. The maximum atomic E-state index is 6.25. The summed E-state index contributed by atoms with van der Waals surface area (Å²) in [6.07, 6.45) is 3.67.